The van der Waals surface area contributed by atoms with Gasteiger partial charge in [0.2, 0.25) is 0 Å². The quantitative estimate of drug-likeness (QED) is 0.789. The van der Waals surface area contributed by atoms with Crippen LogP contribution in [0.4, 0.5) is 8.78 Å². The third-order valence-electron chi connectivity index (χ3n) is 4.77. The van der Waals surface area contributed by atoms with Crippen LogP contribution in [0.15, 0.2) is 18.2 Å². The Hall–Kier alpha value is -1.00. The molecule has 1 N–H and O–H groups in total. The first-order valence-corrected chi connectivity index (χ1v) is 7.79. The maximum Gasteiger partial charge on any atom is 0.129 e. The van der Waals surface area contributed by atoms with Crippen LogP contribution in [0.5, 0.6) is 0 Å². The van der Waals surface area contributed by atoms with Gasteiger partial charge in [0, 0.05) is 17.1 Å². The number of halogens is 2. The number of hydrogen-bond acceptors (Lipinski definition) is 2. The first kappa shape index (κ1) is 18.1. The summed E-state index contributed by atoms with van der Waals surface area (Å²) in [5.74, 6) is -0.929. The molecule has 1 rings (SSSR count). The minimum absolute atomic E-state index is 0.0196. The minimum Gasteiger partial charge on any atom is -0.315 e. The van der Waals surface area contributed by atoms with Crippen molar-refractivity contribution in [3.63, 3.8) is 0 Å². The zero-order valence-corrected chi connectivity index (χ0v) is 13.8. The summed E-state index contributed by atoms with van der Waals surface area (Å²) in [4.78, 5) is 2.35. The van der Waals surface area contributed by atoms with Crippen LogP contribution in [0.25, 0.3) is 0 Å². The molecule has 0 saturated carbocycles. The number of rotatable bonds is 8. The van der Waals surface area contributed by atoms with Crippen molar-refractivity contribution in [3.05, 3.63) is 35.4 Å². The van der Waals surface area contributed by atoms with Crippen molar-refractivity contribution in [1.82, 2.24) is 10.2 Å². The number of likely N-dealkylation sites (N-methyl/N-ethyl adjacent to an activating group) is 2. The van der Waals surface area contributed by atoms with E-state index in [1.165, 1.54) is 18.2 Å². The number of benzene rings is 1. The van der Waals surface area contributed by atoms with Crippen LogP contribution >= 0.6 is 0 Å². The van der Waals surface area contributed by atoms with E-state index in [0.717, 1.165) is 19.5 Å². The van der Waals surface area contributed by atoms with Crippen LogP contribution in [0, 0.1) is 11.6 Å². The maximum absolute atomic E-state index is 13.9. The maximum atomic E-state index is 13.9. The molecule has 1 aromatic carbocycles. The van der Waals surface area contributed by atoms with E-state index in [1.807, 2.05) is 7.05 Å². The highest BCUT2D eigenvalue weighted by molar-refractivity contribution is 5.22. The molecule has 120 valence electrons. The Morgan fingerprint density at radius 1 is 1.14 bits per heavy atom. The predicted molar refractivity (Wildman–Crippen MR) is 84.5 cm³/mol. The monoisotopic (exact) mass is 298 g/mol. The average molecular weight is 298 g/mol. The van der Waals surface area contributed by atoms with Gasteiger partial charge in [-0.15, -0.1) is 0 Å². The molecule has 0 amide bonds. The van der Waals surface area contributed by atoms with Crippen molar-refractivity contribution in [2.45, 2.75) is 52.1 Å². The van der Waals surface area contributed by atoms with Gasteiger partial charge in [-0.1, -0.05) is 26.8 Å². The molecule has 2 unspecified atom stereocenters. The van der Waals surface area contributed by atoms with Gasteiger partial charge in [-0.2, -0.15) is 0 Å². The van der Waals surface area contributed by atoms with E-state index in [0.29, 0.717) is 6.42 Å². The highest BCUT2D eigenvalue weighted by atomic mass is 19.1. The van der Waals surface area contributed by atoms with Crippen molar-refractivity contribution in [1.29, 1.82) is 0 Å². The fourth-order valence-corrected chi connectivity index (χ4v) is 3.20. The second-order valence-corrected chi connectivity index (χ2v) is 5.63. The molecule has 0 aliphatic carbocycles. The van der Waals surface area contributed by atoms with E-state index in [-0.39, 0.29) is 17.1 Å². The first-order chi connectivity index (χ1) is 9.94. The van der Waals surface area contributed by atoms with Crippen LogP contribution in [-0.4, -0.2) is 36.6 Å². The van der Waals surface area contributed by atoms with Crippen LogP contribution in [-0.2, 0) is 6.42 Å². The molecule has 0 saturated heterocycles. The van der Waals surface area contributed by atoms with E-state index >= 15 is 0 Å². The molecule has 0 aromatic heterocycles. The van der Waals surface area contributed by atoms with Crippen molar-refractivity contribution in [3.8, 4) is 0 Å². The van der Waals surface area contributed by atoms with E-state index in [2.05, 4.69) is 37.9 Å². The Kier molecular flexibility index (Phi) is 6.75. The zero-order chi connectivity index (χ0) is 16.0. The highest BCUT2D eigenvalue weighted by Crippen LogP contribution is 2.27. The van der Waals surface area contributed by atoms with Crippen LogP contribution in [0.2, 0.25) is 0 Å². The number of hydrogen-bond donors (Lipinski definition) is 1. The summed E-state index contributed by atoms with van der Waals surface area (Å²) < 4.78 is 27.8. The van der Waals surface area contributed by atoms with Gasteiger partial charge < -0.3 is 5.32 Å². The highest BCUT2D eigenvalue weighted by Gasteiger charge is 2.36. The molecule has 21 heavy (non-hydrogen) atoms. The van der Waals surface area contributed by atoms with E-state index in [1.54, 1.807) is 0 Å². The SMILES string of the molecule is CCN(CC)C(C)(CC)C(Cc1c(F)cccc1F)NC. The summed E-state index contributed by atoms with van der Waals surface area (Å²) in [5, 5.41) is 3.27. The molecule has 0 radical (unpaired) electrons. The normalized spacial score (nSPS) is 16.0. The van der Waals surface area contributed by atoms with Crippen molar-refractivity contribution in [2.75, 3.05) is 20.1 Å². The Labute approximate surface area is 127 Å². The van der Waals surface area contributed by atoms with Crippen molar-refractivity contribution in [2.24, 2.45) is 0 Å². The van der Waals surface area contributed by atoms with Gasteiger partial charge in [0.05, 0.1) is 0 Å². The fourth-order valence-electron chi connectivity index (χ4n) is 3.20. The van der Waals surface area contributed by atoms with Gasteiger partial charge in [-0.25, -0.2) is 8.78 Å². The molecule has 0 spiro atoms. The van der Waals surface area contributed by atoms with Crippen molar-refractivity contribution < 1.29 is 8.78 Å². The van der Waals surface area contributed by atoms with Gasteiger partial charge in [0.25, 0.3) is 0 Å². The molecule has 0 aliphatic rings. The first-order valence-electron chi connectivity index (χ1n) is 7.79. The van der Waals surface area contributed by atoms with E-state index in [4.69, 9.17) is 0 Å². The molecule has 0 aliphatic heterocycles. The van der Waals surface area contributed by atoms with Gasteiger partial charge in [0.1, 0.15) is 11.6 Å². The fraction of sp³-hybridized carbons (Fsp3) is 0.647. The summed E-state index contributed by atoms with van der Waals surface area (Å²) in [5.41, 5.74) is 0.0242. The molecule has 0 heterocycles. The second kappa shape index (κ2) is 7.85. The average Bonchev–Trinajstić information content (AvgIpc) is 2.48. The topological polar surface area (TPSA) is 15.3 Å². The lowest BCUT2D eigenvalue weighted by atomic mass is 9.83. The summed E-state index contributed by atoms with van der Waals surface area (Å²) >= 11 is 0. The lowest BCUT2D eigenvalue weighted by molar-refractivity contribution is 0.0724. The smallest absolute Gasteiger partial charge is 0.129 e. The third kappa shape index (κ3) is 3.80. The molecule has 0 bridgehead atoms. The van der Waals surface area contributed by atoms with Crippen molar-refractivity contribution >= 4 is 0 Å². The van der Waals surface area contributed by atoms with Crippen LogP contribution in [0.1, 0.15) is 39.7 Å². The number of nitrogens with zero attached hydrogens (tertiary/aromatic N) is 1. The molecule has 4 heteroatoms. The molecule has 2 atom stereocenters. The largest absolute Gasteiger partial charge is 0.315 e. The van der Waals surface area contributed by atoms with Gasteiger partial charge >= 0.3 is 0 Å². The number of nitrogens with one attached hydrogen (secondary N) is 1. The lowest BCUT2D eigenvalue weighted by Crippen LogP contribution is -2.59. The standard InChI is InChI=1S/C17H28F2N2/c1-6-17(4,21(7-2)8-3)16(20-5)12-13-14(18)10-9-11-15(13)19/h9-11,16,20H,6-8,12H2,1-5H3. The van der Waals surface area contributed by atoms with Gasteiger partial charge in [-0.05, 0) is 52.0 Å². The van der Waals surface area contributed by atoms with E-state index in [9.17, 15) is 8.78 Å². The Bertz CT molecular complexity index is 426. The molecule has 0 fully saturated rings. The summed E-state index contributed by atoms with van der Waals surface area (Å²) in [7, 11) is 1.86. The Morgan fingerprint density at radius 3 is 2.05 bits per heavy atom. The molecule has 1 aromatic rings. The molecular formula is C17H28F2N2. The predicted octanol–water partition coefficient (Wildman–Crippen LogP) is 3.61. The molecule has 2 nitrogen and oxygen atoms in total. The van der Waals surface area contributed by atoms with E-state index < -0.39 is 11.6 Å². The summed E-state index contributed by atoms with van der Waals surface area (Å²) in [6, 6.07) is 4.04. The van der Waals surface area contributed by atoms with Crippen LogP contribution < -0.4 is 5.32 Å². The minimum atomic E-state index is -0.465. The lowest BCUT2D eigenvalue weighted by Gasteiger charge is -2.46. The Morgan fingerprint density at radius 2 is 1.67 bits per heavy atom. The zero-order valence-electron chi connectivity index (χ0n) is 13.8. The third-order valence-corrected chi connectivity index (χ3v) is 4.77. The summed E-state index contributed by atoms with van der Waals surface area (Å²) in [6.07, 6.45) is 1.26. The Balaban J connectivity index is 3.11. The van der Waals surface area contributed by atoms with Gasteiger partial charge in [-0.3, -0.25) is 4.90 Å². The van der Waals surface area contributed by atoms with Gasteiger partial charge in [0.15, 0.2) is 0 Å². The van der Waals surface area contributed by atoms with Crippen LogP contribution in [0.3, 0.4) is 0 Å². The molecular weight excluding hydrogens is 270 g/mol. The summed E-state index contributed by atoms with van der Waals surface area (Å²) in [6.45, 7) is 10.4. The second-order valence-electron chi connectivity index (χ2n) is 5.63.